The Hall–Kier alpha value is -3.15. The predicted molar refractivity (Wildman–Crippen MR) is 128 cm³/mol. The third-order valence-corrected chi connectivity index (χ3v) is 6.90. The Bertz CT molecular complexity index is 1150. The van der Waals surface area contributed by atoms with E-state index in [-0.39, 0.29) is 5.54 Å². The molecule has 2 N–H and O–H groups in total. The number of rotatable bonds is 6. The number of nitrogens with zero attached hydrogens (tertiary/aromatic N) is 6. The molecule has 0 spiro atoms. The molecule has 0 saturated carbocycles. The van der Waals surface area contributed by atoms with Gasteiger partial charge in [-0.15, -0.1) is 0 Å². The van der Waals surface area contributed by atoms with E-state index in [2.05, 4.69) is 33.1 Å². The first-order valence-electron chi connectivity index (χ1n) is 11.9. The molecule has 5 rings (SSSR count). The zero-order valence-electron chi connectivity index (χ0n) is 19.2. The van der Waals surface area contributed by atoms with E-state index >= 15 is 0 Å². The summed E-state index contributed by atoms with van der Waals surface area (Å²) < 4.78 is 7.42. The summed E-state index contributed by atoms with van der Waals surface area (Å²) >= 11 is 0. The maximum absolute atomic E-state index is 9.54. The van der Waals surface area contributed by atoms with Crippen molar-refractivity contribution in [2.24, 2.45) is 5.73 Å². The normalized spacial score (nSPS) is 18.5. The molecular formula is C25H31N7O. The van der Waals surface area contributed by atoms with Gasteiger partial charge in [0.15, 0.2) is 0 Å². The Balaban J connectivity index is 1.35. The van der Waals surface area contributed by atoms with Gasteiger partial charge in [-0.05, 0) is 63.9 Å². The Kier molecular flexibility index (Phi) is 5.92. The van der Waals surface area contributed by atoms with Crippen molar-refractivity contribution in [3.63, 3.8) is 0 Å². The fourth-order valence-electron chi connectivity index (χ4n) is 5.10. The van der Waals surface area contributed by atoms with Crippen molar-refractivity contribution in [1.82, 2.24) is 19.5 Å². The number of fused-ring (bicyclic) bond motifs is 1. The van der Waals surface area contributed by atoms with Crippen LogP contribution in [0.2, 0.25) is 0 Å². The monoisotopic (exact) mass is 445 g/mol. The van der Waals surface area contributed by atoms with Gasteiger partial charge in [-0.3, -0.25) is 0 Å². The molecule has 33 heavy (non-hydrogen) atoms. The average Bonchev–Trinajstić information content (AvgIpc) is 3.49. The molecule has 0 amide bonds. The molecule has 2 aliphatic heterocycles. The number of pyridine rings is 2. The van der Waals surface area contributed by atoms with E-state index < -0.39 is 0 Å². The van der Waals surface area contributed by atoms with Gasteiger partial charge in [0, 0.05) is 42.5 Å². The van der Waals surface area contributed by atoms with E-state index in [0.717, 1.165) is 54.9 Å². The van der Waals surface area contributed by atoms with Gasteiger partial charge in [0.25, 0.3) is 0 Å². The molecular weight excluding hydrogens is 414 g/mol. The van der Waals surface area contributed by atoms with Crippen molar-refractivity contribution in [2.75, 3.05) is 44.2 Å². The number of piperidine rings is 1. The van der Waals surface area contributed by atoms with Crippen molar-refractivity contribution < 1.29 is 4.74 Å². The van der Waals surface area contributed by atoms with Gasteiger partial charge in [-0.2, -0.15) is 10.4 Å². The highest BCUT2D eigenvalue weighted by atomic mass is 16.5. The fourth-order valence-corrected chi connectivity index (χ4v) is 5.10. The van der Waals surface area contributed by atoms with Crippen LogP contribution in [0.3, 0.4) is 0 Å². The molecule has 0 aliphatic carbocycles. The van der Waals surface area contributed by atoms with Crippen LogP contribution >= 0.6 is 0 Å². The molecule has 172 valence electrons. The Morgan fingerprint density at radius 1 is 1.15 bits per heavy atom. The minimum Gasteiger partial charge on any atom is -0.492 e. The molecule has 0 bridgehead atoms. The second-order valence-electron chi connectivity index (χ2n) is 9.22. The highest BCUT2D eigenvalue weighted by Gasteiger charge is 2.33. The van der Waals surface area contributed by atoms with E-state index in [1.807, 2.05) is 19.2 Å². The van der Waals surface area contributed by atoms with Crippen LogP contribution in [0, 0.1) is 11.3 Å². The highest BCUT2D eigenvalue weighted by molar-refractivity contribution is 5.85. The number of nitrogens with two attached hydrogens (primary N) is 1. The summed E-state index contributed by atoms with van der Waals surface area (Å²) in [5.74, 6) is 1.68. The van der Waals surface area contributed by atoms with Crippen molar-refractivity contribution in [2.45, 2.75) is 38.1 Å². The van der Waals surface area contributed by atoms with E-state index in [1.54, 1.807) is 16.9 Å². The third kappa shape index (κ3) is 4.39. The SMILES string of the molecule is CCOc1cc(-c2ccc(N3CCC(N)(CN4CCCC4)CC3)nc2)c2c(C#N)cnn2c1. The first-order chi connectivity index (χ1) is 16.1. The summed E-state index contributed by atoms with van der Waals surface area (Å²) in [5, 5.41) is 13.9. The molecule has 2 saturated heterocycles. The van der Waals surface area contributed by atoms with Crippen LogP contribution in [0.1, 0.15) is 38.2 Å². The van der Waals surface area contributed by atoms with E-state index in [1.165, 1.54) is 25.9 Å². The molecule has 8 nitrogen and oxygen atoms in total. The Morgan fingerprint density at radius 2 is 1.94 bits per heavy atom. The lowest BCUT2D eigenvalue weighted by Gasteiger charge is -2.41. The number of anilines is 1. The van der Waals surface area contributed by atoms with Gasteiger partial charge in [-0.1, -0.05) is 0 Å². The number of likely N-dealkylation sites (tertiary alicyclic amines) is 1. The van der Waals surface area contributed by atoms with Crippen LogP contribution in [0.4, 0.5) is 5.82 Å². The molecule has 5 heterocycles. The standard InChI is InChI=1S/C25H31N7O/c1-2-33-21-13-22(24-20(14-26)16-29-32(24)17-21)19-5-6-23(28-15-19)31-11-7-25(27,8-12-31)18-30-9-3-4-10-30/h5-6,13,15-17H,2-4,7-12,18,27H2,1H3. The number of hydrogen-bond acceptors (Lipinski definition) is 7. The molecule has 0 radical (unpaired) electrons. The summed E-state index contributed by atoms with van der Waals surface area (Å²) in [4.78, 5) is 9.62. The summed E-state index contributed by atoms with van der Waals surface area (Å²) in [6, 6.07) is 8.32. The minimum atomic E-state index is -0.0954. The maximum atomic E-state index is 9.54. The number of aromatic nitrogens is 3. The summed E-state index contributed by atoms with van der Waals surface area (Å²) in [7, 11) is 0. The quantitative estimate of drug-likeness (QED) is 0.623. The molecule has 3 aromatic rings. The first-order valence-corrected chi connectivity index (χ1v) is 11.9. The van der Waals surface area contributed by atoms with Crippen LogP contribution < -0.4 is 15.4 Å². The molecule has 3 aromatic heterocycles. The van der Waals surface area contributed by atoms with Crippen LogP contribution in [-0.4, -0.2) is 64.4 Å². The second kappa shape index (κ2) is 9.00. The van der Waals surface area contributed by atoms with Gasteiger partial charge >= 0.3 is 0 Å². The second-order valence-corrected chi connectivity index (χ2v) is 9.22. The molecule has 0 atom stereocenters. The topological polar surface area (TPSA) is 95.7 Å². The molecule has 8 heteroatoms. The van der Waals surface area contributed by atoms with Gasteiger partial charge in [-0.25, -0.2) is 9.50 Å². The molecule has 2 aliphatic rings. The molecule has 0 unspecified atom stereocenters. The highest BCUT2D eigenvalue weighted by Crippen LogP contribution is 2.32. The van der Waals surface area contributed by atoms with Crippen LogP contribution in [0.25, 0.3) is 16.6 Å². The van der Waals surface area contributed by atoms with Crippen molar-refractivity contribution >= 4 is 11.3 Å². The van der Waals surface area contributed by atoms with Crippen LogP contribution in [0.5, 0.6) is 5.75 Å². The van der Waals surface area contributed by atoms with Gasteiger partial charge in [0.1, 0.15) is 17.6 Å². The van der Waals surface area contributed by atoms with Gasteiger partial charge in [0.05, 0.1) is 30.1 Å². The van der Waals surface area contributed by atoms with Crippen molar-refractivity contribution in [3.8, 4) is 22.9 Å². The Labute approximate surface area is 194 Å². The Morgan fingerprint density at radius 3 is 2.61 bits per heavy atom. The molecule has 2 fully saturated rings. The lowest BCUT2D eigenvalue weighted by molar-refractivity contribution is 0.213. The van der Waals surface area contributed by atoms with E-state index in [4.69, 9.17) is 15.5 Å². The lowest BCUT2D eigenvalue weighted by Crippen LogP contribution is -2.56. The van der Waals surface area contributed by atoms with Crippen LogP contribution in [0.15, 0.2) is 36.8 Å². The van der Waals surface area contributed by atoms with Crippen molar-refractivity contribution in [1.29, 1.82) is 5.26 Å². The summed E-state index contributed by atoms with van der Waals surface area (Å²) in [6.45, 7) is 7.73. The smallest absolute Gasteiger partial charge is 0.138 e. The van der Waals surface area contributed by atoms with E-state index in [9.17, 15) is 5.26 Å². The zero-order chi connectivity index (χ0) is 22.8. The largest absolute Gasteiger partial charge is 0.492 e. The average molecular weight is 446 g/mol. The molecule has 0 aromatic carbocycles. The minimum absolute atomic E-state index is 0.0954. The number of nitriles is 1. The number of ether oxygens (including phenoxy) is 1. The van der Waals surface area contributed by atoms with E-state index in [0.29, 0.717) is 17.9 Å². The third-order valence-electron chi connectivity index (χ3n) is 6.90. The van der Waals surface area contributed by atoms with Crippen molar-refractivity contribution in [3.05, 3.63) is 42.4 Å². The summed E-state index contributed by atoms with van der Waals surface area (Å²) in [5.41, 5.74) is 9.78. The number of hydrogen-bond donors (Lipinski definition) is 1. The predicted octanol–water partition coefficient (Wildman–Crippen LogP) is 3.06. The van der Waals surface area contributed by atoms with Gasteiger partial charge < -0.3 is 20.3 Å². The van der Waals surface area contributed by atoms with Crippen LogP contribution in [-0.2, 0) is 0 Å². The lowest BCUT2D eigenvalue weighted by atomic mass is 9.88. The zero-order valence-corrected chi connectivity index (χ0v) is 19.2. The van der Waals surface area contributed by atoms with Gasteiger partial charge in [0.2, 0.25) is 0 Å². The fraction of sp³-hybridized carbons (Fsp3) is 0.480. The first kappa shape index (κ1) is 21.7. The maximum Gasteiger partial charge on any atom is 0.138 e. The summed E-state index contributed by atoms with van der Waals surface area (Å²) in [6.07, 6.45) is 9.83.